The first-order valence-corrected chi connectivity index (χ1v) is 40.1. The Hall–Kier alpha value is -5.06. The maximum atomic E-state index is 13.0. The van der Waals surface area contributed by atoms with Gasteiger partial charge in [-0.25, -0.2) is 9.13 Å². The molecule has 0 bridgehead atoms. The van der Waals surface area contributed by atoms with E-state index in [1.807, 2.05) is 24.3 Å². The van der Waals surface area contributed by atoms with Crippen molar-refractivity contribution in [1.29, 1.82) is 0 Å². The van der Waals surface area contributed by atoms with E-state index in [9.17, 15) is 43.2 Å². The second-order valence-electron chi connectivity index (χ2n) is 24.1. The van der Waals surface area contributed by atoms with E-state index in [2.05, 4.69) is 137 Å². The molecule has 3 N–H and O–H groups in total. The van der Waals surface area contributed by atoms with Gasteiger partial charge in [-0.2, -0.15) is 0 Å². The summed E-state index contributed by atoms with van der Waals surface area (Å²) in [7, 11) is -10.00. The highest BCUT2D eigenvalue weighted by molar-refractivity contribution is 7.47. The molecule has 0 fully saturated rings. The van der Waals surface area contributed by atoms with Crippen molar-refractivity contribution < 1.29 is 80.2 Å². The molecule has 558 valence electrons. The summed E-state index contributed by atoms with van der Waals surface area (Å²) in [5, 5.41) is 10.6. The molecule has 0 aliphatic rings. The molecule has 0 aromatic carbocycles. The molecule has 0 spiro atoms. The predicted octanol–water partition coefficient (Wildman–Crippen LogP) is 21.1. The number of phosphoric acid groups is 2. The maximum Gasteiger partial charge on any atom is 0.472 e. The molecule has 17 nitrogen and oxygen atoms in total. The Morgan fingerprint density at radius 1 is 0.306 bits per heavy atom. The molecule has 0 saturated heterocycles. The van der Waals surface area contributed by atoms with E-state index in [0.717, 1.165) is 128 Å². The van der Waals surface area contributed by atoms with E-state index >= 15 is 0 Å². The van der Waals surface area contributed by atoms with Crippen molar-refractivity contribution >= 4 is 39.5 Å². The van der Waals surface area contributed by atoms with Gasteiger partial charge in [0.25, 0.3) is 0 Å². The number of phosphoric ester groups is 2. The number of rotatable bonds is 68. The van der Waals surface area contributed by atoms with Crippen LogP contribution in [0.5, 0.6) is 0 Å². The number of hydrogen-bond acceptors (Lipinski definition) is 15. The second-order valence-corrected chi connectivity index (χ2v) is 27.0. The minimum absolute atomic E-state index is 0.0591. The quantitative estimate of drug-likeness (QED) is 0.0169. The molecular formula is C79H130O17P2. The fourth-order valence-corrected chi connectivity index (χ4v) is 10.8. The minimum Gasteiger partial charge on any atom is -0.462 e. The number of hydrogen-bond donors (Lipinski definition) is 3. The van der Waals surface area contributed by atoms with E-state index in [-0.39, 0.29) is 25.7 Å². The van der Waals surface area contributed by atoms with Gasteiger partial charge in [-0.15, -0.1) is 0 Å². The fraction of sp³-hybridized carbons (Fsp3) is 0.646. The highest BCUT2D eigenvalue weighted by atomic mass is 31.2. The summed E-state index contributed by atoms with van der Waals surface area (Å²) >= 11 is 0. The Morgan fingerprint density at radius 2 is 0.582 bits per heavy atom. The van der Waals surface area contributed by atoms with Crippen LogP contribution in [0.3, 0.4) is 0 Å². The van der Waals surface area contributed by atoms with Crippen molar-refractivity contribution in [3.05, 3.63) is 146 Å². The maximum absolute atomic E-state index is 13.0. The van der Waals surface area contributed by atoms with Crippen molar-refractivity contribution in [2.75, 3.05) is 39.6 Å². The molecule has 0 aromatic rings. The van der Waals surface area contributed by atoms with Crippen molar-refractivity contribution in [1.82, 2.24) is 0 Å². The first-order chi connectivity index (χ1) is 47.7. The molecule has 0 rings (SSSR count). The minimum atomic E-state index is -5.01. The van der Waals surface area contributed by atoms with Crippen LogP contribution in [0.2, 0.25) is 0 Å². The molecule has 5 unspecified atom stereocenters. The lowest BCUT2D eigenvalue weighted by Gasteiger charge is -2.21. The van der Waals surface area contributed by atoms with Gasteiger partial charge < -0.3 is 33.8 Å². The van der Waals surface area contributed by atoms with Gasteiger partial charge in [-0.05, 0) is 122 Å². The first kappa shape index (κ1) is 92.9. The summed E-state index contributed by atoms with van der Waals surface area (Å²) in [4.78, 5) is 72.6. The molecule has 0 aromatic heterocycles. The fourth-order valence-electron chi connectivity index (χ4n) is 9.24. The zero-order valence-electron chi connectivity index (χ0n) is 60.7. The van der Waals surface area contributed by atoms with Crippen LogP contribution >= 0.6 is 15.6 Å². The number of aliphatic hydroxyl groups excluding tert-OH is 1. The summed E-state index contributed by atoms with van der Waals surface area (Å²) in [6, 6.07) is 0. The Kier molecular flexibility index (Phi) is 66.7. The SMILES string of the molecule is CC/C=C\C/C=C\C/C=C\C/C=C\C/C=C\CCCC(=O)OCC(COP(=O)(O)OCC(O)COP(=O)(O)OCC(COC(=O)CCCCCCC/C=C\C/C=C\CCCCC)OC(=O)CCCCCCCCCCCCC)OC(=O)C/C=C\C/C=C\C/C=C\C/C=C\C/C=C\CC. The lowest BCUT2D eigenvalue weighted by Crippen LogP contribution is -2.30. The van der Waals surface area contributed by atoms with Gasteiger partial charge in [0.2, 0.25) is 0 Å². The summed E-state index contributed by atoms with van der Waals surface area (Å²) in [6.45, 7) is 4.39. The summed E-state index contributed by atoms with van der Waals surface area (Å²) in [5.41, 5.74) is 0. The molecule has 0 aliphatic heterocycles. The van der Waals surface area contributed by atoms with Crippen LogP contribution in [0.4, 0.5) is 0 Å². The normalized spacial score (nSPS) is 14.8. The number of allylic oxidation sites excluding steroid dienone is 23. The van der Waals surface area contributed by atoms with E-state index in [0.29, 0.717) is 32.1 Å². The van der Waals surface area contributed by atoms with Crippen LogP contribution in [0, 0.1) is 0 Å². The lowest BCUT2D eigenvalue weighted by molar-refractivity contribution is -0.161. The molecule has 0 aliphatic carbocycles. The average Bonchev–Trinajstić information content (AvgIpc) is 0.986. The molecule has 0 radical (unpaired) electrons. The highest BCUT2D eigenvalue weighted by Gasteiger charge is 2.30. The molecule has 19 heteroatoms. The van der Waals surface area contributed by atoms with Gasteiger partial charge in [-0.1, -0.05) is 270 Å². The largest absolute Gasteiger partial charge is 0.472 e. The van der Waals surface area contributed by atoms with Crippen LogP contribution in [0.15, 0.2) is 146 Å². The zero-order valence-corrected chi connectivity index (χ0v) is 62.4. The molecule has 98 heavy (non-hydrogen) atoms. The number of esters is 4. The smallest absolute Gasteiger partial charge is 0.462 e. The molecule has 5 atom stereocenters. The second kappa shape index (κ2) is 70.4. The number of unbranched alkanes of at least 4 members (excludes halogenated alkanes) is 19. The van der Waals surface area contributed by atoms with E-state index in [1.165, 1.54) is 57.8 Å². The molecule has 0 heterocycles. The number of ether oxygens (including phenoxy) is 4. The molecule has 0 saturated carbocycles. The number of carbonyl (C=O) groups excluding carboxylic acids is 4. The predicted molar refractivity (Wildman–Crippen MR) is 399 cm³/mol. The van der Waals surface area contributed by atoms with Crippen LogP contribution in [-0.4, -0.2) is 96.7 Å². The molecule has 0 amide bonds. The third-order valence-electron chi connectivity index (χ3n) is 14.8. The van der Waals surface area contributed by atoms with Gasteiger partial charge >= 0.3 is 39.5 Å². The Morgan fingerprint density at radius 3 is 0.969 bits per heavy atom. The lowest BCUT2D eigenvalue weighted by atomic mass is 10.1. The van der Waals surface area contributed by atoms with Crippen LogP contribution in [0.1, 0.15) is 272 Å². The van der Waals surface area contributed by atoms with Crippen molar-refractivity contribution in [3.8, 4) is 0 Å². The average molecular weight is 1410 g/mol. The Labute approximate surface area is 592 Å². The van der Waals surface area contributed by atoms with E-state index in [4.69, 9.17) is 37.0 Å². The van der Waals surface area contributed by atoms with Crippen LogP contribution in [0.25, 0.3) is 0 Å². The third-order valence-corrected chi connectivity index (χ3v) is 16.7. The van der Waals surface area contributed by atoms with E-state index in [1.54, 1.807) is 12.2 Å². The standard InChI is InChI=1S/C79H130O17P2/c1-5-9-13-17-21-25-29-32-35-36-39-41-45-48-52-56-60-64-77(82)90-70-75(96-79(84)66-62-58-54-50-46-42-38-34-31-27-23-19-15-11-7-3)72-94-98(87,88)92-68-73(80)67-91-97(85,86)93-71-74(95-78(83)65-61-57-53-49-43-28-24-20-16-12-8-4)69-89-76(81)63-59-55-51-47-44-40-37-33-30-26-22-18-14-10-6-2/h9,11,13,15,21-23,25-27,32-35,37-39,41,46,48,50,52,58,62,73-75,80H,5-8,10,12,14,16-20,24,28-31,36,40,42-45,47,49,51,53-57,59-61,63-72H2,1-4H3,(H,85,86)(H,87,88)/b13-9-,15-11-,25-21-,26-22-,27-23-,35-32-,37-33-,38-34-,41-39-,50-46-,52-48-,62-58-. The Bertz CT molecular complexity index is 2430. The van der Waals surface area contributed by atoms with Crippen molar-refractivity contribution in [2.24, 2.45) is 0 Å². The van der Waals surface area contributed by atoms with Crippen LogP contribution < -0.4 is 0 Å². The van der Waals surface area contributed by atoms with Crippen LogP contribution in [-0.2, 0) is 65.4 Å². The summed E-state index contributed by atoms with van der Waals surface area (Å²) < 4.78 is 68.2. The van der Waals surface area contributed by atoms with Crippen molar-refractivity contribution in [2.45, 2.75) is 290 Å². The highest BCUT2D eigenvalue weighted by Crippen LogP contribution is 2.45. The number of aliphatic hydroxyl groups is 1. The van der Waals surface area contributed by atoms with E-state index < -0.39 is 97.5 Å². The number of carbonyl (C=O) groups is 4. The van der Waals surface area contributed by atoms with Gasteiger partial charge in [-0.3, -0.25) is 37.3 Å². The summed E-state index contributed by atoms with van der Waals surface area (Å²) in [5.74, 6) is -2.41. The van der Waals surface area contributed by atoms with Gasteiger partial charge in [0, 0.05) is 19.3 Å². The van der Waals surface area contributed by atoms with Gasteiger partial charge in [0.05, 0.1) is 32.8 Å². The van der Waals surface area contributed by atoms with Crippen molar-refractivity contribution in [3.63, 3.8) is 0 Å². The first-order valence-electron chi connectivity index (χ1n) is 37.1. The summed E-state index contributed by atoms with van der Waals surface area (Å²) in [6.07, 6.45) is 78.9. The topological polar surface area (TPSA) is 237 Å². The molecular weight excluding hydrogens is 1280 g/mol. The third kappa shape index (κ3) is 69.4. The monoisotopic (exact) mass is 1410 g/mol. The Balaban J connectivity index is 5.47. The van der Waals surface area contributed by atoms with Gasteiger partial charge in [0.15, 0.2) is 12.2 Å². The van der Waals surface area contributed by atoms with Gasteiger partial charge in [0.1, 0.15) is 19.3 Å². The zero-order chi connectivity index (χ0) is 71.8.